The zero-order valence-corrected chi connectivity index (χ0v) is 17.4. The number of nitrogens with one attached hydrogen (secondary N) is 2. The number of nitriles is 1. The zero-order chi connectivity index (χ0) is 23.3. The Morgan fingerprint density at radius 3 is 2.56 bits per heavy atom. The Labute approximate surface area is 183 Å². The average molecular weight is 436 g/mol. The Hall–Kier alpha value is -4.19. The molecule has 8 nitrogen and oxygen atoms in total. The van der Waals surface area contributed by atoms with Gasteiger partial charge in [0.05, 0.1) is 16.6 Å². The maximum atomic E-state index is 13.9. The SMILES string of the molecule is CC(C)[C@@H](NC(=O)c1ccccc1F)C(=O)OCC(O)=C(C#N)c1nc2ccccc2[nH]1. The lowest BCUT2D eigenvalue weighted by Gasteiger charge is -2.21. The summed E-state index contributed by atoms with van der Waals surface area (Å²) in [5.41, 5.74) is 0.905. The summed E-state index contributed by atoms with van der Waals surface area (Å²) in [4.78, 5) is 32.1. The van der Waals surface area contributed by atoms with Gasteiger partial charge in [0, 0.05) is 0 Å². The van der Waals surface area contributed by atoms with E-state index in [1.807, 2.05) is 6.07 Å². The van der Waals surface area contributed by atoms with E-state index in [9.17, 15) is 24.3 Å². The van der Waals surface area contributed by atoms with Gasteiger partial charge in [0.15, 0.2) is 11.6 Å². The summed E-state index contributed by atoms with van der Waals surface area (Å²) in [6, 6.07) is 13.2. The number of esters is 1. The highest BCUT2D eigenvalue weighted by atomic mass is 19.1. The van der Waals surface area contributed by atoms with E-state index in [1.54, 1.807) is 38.1 Å². The number of rotatable bonds is 7. The van der Waals surface area contributed by atoms with Gasteiger partial charge < -0.3 is 20.1 Å². The van der Waals surface area contributed by atoms with Gasteiger partial charge in [0.25, 0.3) is 5.91 Å². The minimum absolute atomic E-state index is 0.135. The highest BCUT2D eigenvalue weighted by Crippen LogP contribution is 2.19. The fourth-order valence-corrected chi connectivity index (χ4v) is 2.99. The molecule has 0 radical (unpaired) electrons. The number of hydrogen-bond donors (Lipinski definition) is 3. The summed E-state index contributed by atoms with van der Waals surface area (Å²) in [6.45, 7) is 2.76. The fourth-order valence-electron chi connectivity index (χ4n) is 2.99. The molecule has 9 heteroatoms. The van der Waals surface area contributed by atoms with Crippen LogP contribution in [-0.2, 0) is 9.53 Å². The van der Waals surface area contributed by atoms with Crippen LogP contribution in [0.1, 0.15) is 30.0 Å². The first-order valence-corrected chi connectivity index (χ1v) is 9.81. The van der Waals surface area contributed by atoms with Crippen LogP contribution >= 0.6 is 0 Å². The Bertz CT molecular complexity index is 1190. The van der Waals surface area contributed by atoms with E-state index in [2.05, 4.69) is 15.3 Å². The number of nitrogens with zero attached hydrogens (tertiary/aromatic N) is 2. The van der Waals surface area contributed by atoms with Crippen molar-refractivity contribution >= 4 is 28.5 Å². The van der Waals surface area contributed by atoms with Gasteiger partial charge in [0.1, 0.15) is 30.1 Å². The molecular weight excluding hydrogens is 415 g/mol. The predicted octanol–water partition coefficient (Wildman–Crippen LogP) is 3.49. The number of aromatic nitrogens is 2. The van der Waals surface area contributed by atoms with Crippen molar-refractivity contribution in [2.75, 3.05) is 6.61 Å². The van der Waals surface area contributed by atoms with E-state index < -0.39 is 36.1 Å². The van der Waals surface area contributed by atoms with Crippen LogP contribution in [0, 0.1) is 23.1 Å². The quantitative estimate of drug-likeness (QED) is 0.295. The van der Waals surface area contributed by atoms with E-state index >= 15 is 0 Å². The topological polar surface area (TPSA) is 128 Å². The van der Waals surface area contributed by atoms with Gasteiger partial charge >= 0.3 is 5.97 Å². The van der Waals surface area contributed by atoms with Crippen LogP contribution < -0.4 is 5.32 Å². The van der Waals surface area contributed by atoms with Gasteiger partial charge in [-0.05, 0) is 30.2 Å². The third kappa shape index (κ3) is 4.92. The number of para-hydroxylation sites is 2. The summed E-state index contributed by atoms with van der Waals surface area (Å²) in [7, 11) is 0. The van der Waals surface area contributed by atoms with Crippen molar-refractivity contribution in [2.24, 2.45) is 5.92 Å². The van der Waals surface area contributed by atoms with Crippen molar-refractivity contribution in [3.05, 3.63) is 71.5 Å². The van der Waals surface area contributed by atoms with Gasteiger partial charge in [-0.1, -0.05) is 38.1 Å². The summed E-state index contributed by atoms with van der Waals surface area (Å²) >= 11 is 0. The van der Waals surface area contributed by atoms with Crippen LogP contribution in [0.15, 0.2) is 54.3 Å². The van der Waals surface area contributed by atoms with Gasteiger partial charge in [-0.25, -0.2) is 14.2 Å². The molecule has 0 unspecified atom stereocenters. The highest BCUT2D eigenvalue weighted by molar-refractivity contribution is 5.97. The summed E-state index contributed by atoms with van der Waals surface area (Å²) < 4.78 is 19.0. The lowest BCUT2D eigenvalue weighted by molar-refractivity contribution is -0.146. The number of benzene rings is 2. The monoisotopic (exact) mass is 436 g/mol. The molecule has 1 aromatic heterocycles. The molecule has 0 bridgehead atoms. The van der Waals surface area contributed by atoms with E-state index in [0.717, 1.165) is 6.07 Å². The molecule has 0 aliphatic rings. The molecule has 0 saturated heterocycles. The van der Waals surface area contributed by atoms with Gasteiger partial charge in [-0.3, -0.25) is 4.79 Å². The number of imidazole rings is 1. The van der Waals surface area contributed by atoms with Crippen LogP contribution in [0.5, 0.6) is 0 Å². The van der Waals surface area contributed by atoms with E-state index in [0.29, 0.717) is 11.0 Å². The second-order valence-electron chi connectivity index (χ2n) is 7.32. The summed E-state index contributed by atoms with van der Waals surface area (Å²) in [5, 5.41) is 22.2. The first-order chi connectivity index (χ1) is 15.3. The molecule has 0 aliphatic heterocycles. The average Bonchev–Trinajstić information content (AvgIpc) is 3.20. The predicted molar refractivity (Wildman–Crippen MR) is 115 cm³/mol. The molecule has 0 saturated carbocycles. The zero-order valence-electron chi connectivity index (χ0n) is 17.4. The van der Waals surface area contributed by atoms with Crippen molar-refractivity contribution in [3.63, 3.8) is 0 Å². The molecule has 3 N–H and O–H groups in total. The van der Waals surface area contributed by atoms with E-state index in [-0.39, 0.29) is 22.9 Å². The Morgan fingerprint density at radius 2 is 1.91 bits per heavy atom. The van der Waals surface area contributed by atoms with Gasteiger partial charge in [-0.2, -0.15) is 5.26 Å². The van der Waals surface area contributed by atoms with Crippen molar-refractivity contribution in [1.82, 2.24) is 15.3 Å². The molecular formula is C23H21FN4O4. The molecule has 3 rings (SSSR count). The second-order valence-corrected chi connectivity index (χ2v) is 7.32. The van der Waals surface area contributed by atoms with E-state index in [1.165, 1.54) is 18.2 Å². The molecule has 2 aromatic carbocycles. The number of H-pyrrole nitrogens is 1. The van der Waals surface area contributed by atoms with Gasteiger partial charge in [0.2, 0.25) is 0 Å². The number of fused-ring (bicyclic) bond motifs is 1. The molecule has 0 spiro atoms. The number of halogens is 1. The summed E-state index contributed by atoms with van der Waals surface area (Å²) in [6.07, 6.45) is 0. The smallest absolute Gasteiger partial charge is 0.329 e. The fraction of sp³-hybridized carbons (Fsp3) is 0.217. The number of amides is 1. The van der Waals surface area contributed by atoms with Crippen LogP contribution in [-0.4, -0.2) is 39.6 Å². The largest absolute Gasteiger partial charge is 0.507 e. The standard InChI is InChI=1S/C23H21FN4O4/c1-13(2)20(28-22(30)14-7-3-4-8-16(14)24)23(31)32-12-19(29)15(11-25)21-26-17-9-5-6-10-18(17)27-21/h3-10,13,20,29H,12H2,1-2H3,(H,26,27)(H,28,30)/t20-/m1/s1. The number of hydrogen-bond acceptors (Lipinski definition) is 6. The Morgan fingerprint density at radius 1 is 1.22 bits per heavy atom. The molecule has 3 aromatic rings. The van der Waals surface area contributed by atoms with Crippen molar-refractivity contribution in [3.8, 4) is 6.07 Å². The molecule has 1 amide bonds. The van der Waals surface area contributed by atoms with Crippen molar-refractivity contribution < 1.29 is 23.8 Å². The molecule has 0 aliphatic carbocycles. The summed E-state index contributed by atoms with van der Waals surface area (Å²) in [5.74, 6) is -3.06. The number of ether oxygens (including phenoxy) is 1. The highest BCUT2D eigenvalue weighted by Gasteiger charge is 2.27. The lowest BCUT2D eigenvalue weighted by Crippen LogP contribution is -2.45. The third-order valence-electron chi connectivity index (χ3n) is 4.70. The molecule has 1 heterocycles. The molecule has 164 valence electrons. The Balaban J connectivity index is 1.73. The first-order valence-electron chi connectivity index (χ1n) is 9.81. The maximum absolute atomic E-state index is 13.9. The lowest BCUT2D eigenvalue weighted by atomic mass is 10.0. The van der Waals surface area contributed by atoms with Gasteiger partial charge in [-0.15, -0.1) is 0 Å². The number of aliphatic hydroxyl groups is 1. The third-order valence-corrected chi connectivity index (χ3v) is 4.70. The van der Waals surface area contributed by atoms with Crippen molar-refractivity contribution in [1.29, 1.82) is 5.26 Å². The minimum Gasteiger partial charge on any atom is -0.507 e. The van der Waals surface area contributed by atoms with Crippen LogP contribution in [0.3, 0.4) is 0 Å². The first kappa shape index (κ1) is 22.5. The number of aliphatic hydroxyl groups excluding tert-OH is 1. The normalized spacial score (nSPS) is 12.7. The van der Waals surface area contributed by atoms with Crippen LogP contribution in [0.2, 0.25) is 0 Å². The molecule has 32 heavy (non-hydrogen) atoms. The van der Waals surface area contributed by atoms with Crippen LogP contribution in [0.25, 0.3) is 16.6 Å². The van der Waals surface area contributed by atoms with Crippen LogP contribution in [0.4, 0.5) is 4.39 Å². The number of carbonyl (C=O) groups is 2. The molecule has 1 atom stereocenters. The van der Waals surface area contributed by atoms with Crippen molar-refractivity contribution in [2.45, 2.75) is 19.9 Å². The number of allylic oxidation sites excluding steroid dienone is 1. The Kier molecular flexibility index (Phi) is 6.85. The maximum Gasteiger partial charge on any atom is 0.329 e. The minimum atomic E-state index is -1.09. The second kappa shape index (κ2) is 9.75. The van der Waals surface area contributed by atoms with E-state index in [4.69, 9.17) is 4.74 Å². The molecule has 0 fully saturated rings. The number of carbonyl (C=O) groups excluding carboxylic acids is 2. The number of aromatic amines is 1.